The summed E-state index contributed by atoms with van der Waals surface area (Å²) in [6, 6.07) is 9.92. The van der Waals surface area contributed by atoms with Crippen LogP contribution >= 0.6 is 0 Å². The normalized spacial score (nSPS) is 11.8. The second-order valence-corrected chi connectivity index (χ2v) is 4.41. The molecule has 104 valence electrons. The first-order valence-corrected chi connectivity index (χ1v) is 6.19. The van der Waals surface area contributed by atoms with E-state index in [4.69, 9.17) is 0 Å². The second kappa shape index (κ2) is 6.51. The van der Waals surface area contributed by atoms with Crippen molar-refractivity contribution in [1.82, 2.24) is 15.5 Å². The third kappa shape index (κ3) is 3.94. The number of amides is 1. The lowest BCUT2D eigenvalue weighted by Gasteiger charge is -2.14. The highest BCUT2D eigenvalue weighted by Gasteiger charge is 2.20. The van der Waals surface area contributed by atoms with Crippen LogP contribution in [0.2, 0.25) is 0 Å². The van der Waals surface area contributed by atoms with E-state index >= 15 is 0 Å². The molecule has 1 unspecified atom stereocenters. The van der Waals surface area contributed by atoms with E-state index in [0.29, 0.717) is 5.69 Å². The lowest BCUT2D eigenvalue weighted by Crippen LogP contribution is -2.43. The summed E-state index contributed by atoms with van der Waals surface area (Å²) in [4.78, 5) is 23.0. The fraction of sp³-hybridized carbons (Fsp3) is 0.214. The van der Waals surface area contributed by atoms with E-state index in [9.17, 15) is 14.7 Å². The van der Waals surface area contributed by atoms with Gasteiger partial charge in [-0.2, -0.15) is 5.10 Å². The summed E-state index contributed by atoms with van der Waals surface area (Å²) in [5.41, 5.74) is 1.51. The highest BCUT2D eigenvalue weighted by molar-refractivity contribution is 5.84. The van der Waals surface area contributed by atoms with Crippen LogP contribution in [-0.4, -0.2) is 33.2 Å². The van der Waals surface area contributed by atoms with Crippen molar-refractivity contribution in [1.29, 1.82) is 0 Å². The Morgan fingerprint density at radius 2 is 2.00 bits per heavy atom. The summed E-state index contributed by atoms with van der Waals surface area (Å²) >= 11 is 0. The number of aromatic amines is 1. The molecule has 0 saturated carbocycles. The van der Waals surface area contributed by atoms with Gasteiger partial charge in [-0.15, -0.1) is 0 Å². The Labute approximate surface area is 115 Å². The molecule has 0 aliphatic heterocycles. The molecule has 0 saturated heterocycles. The van der Waals surface area contributed by atoms with Gasteiger partial charge in [0, 0.05) is 18.3 Å². The maximum absolute atomic E-state index is 11.8. The third-order valence-electron chi connectivity index (χ3n) is 2.83. The fourth-order valence-electron chi connectivity index (χ4n) is 1.85. The van der Waals surface area contributed by atoms with Crippen LogP contribution in [0.1, 0.15) is 11.3 Å². The molecule has 0 aliphatic carbocycles. The van der Waals surface area contributed by atoms with Gasteiger partial charge in [-0.1, -0.05) is 30.3 Å². The van der Waals surface area contributed by atoms with Crippen LogP contribution < -0.4 is 5.32 Å². The zero-order valence-electron chi connectivity index (χ0n) is 10.7. The van der Waals surface area contributed by atoms with Gasteiger partial charge in [-0.05, 0) is 11.6 Å². The van der Waals surface area contributed by atoms with E-state index in [-0.39, 0.29) is 18.7 Å². The molecule has 1 aromatic carbocycles. The number of carboxylic acid groups (broad SMARTS) is 1. The van der Waals surface area contributed by atoms with E-state index in [1.54, 1.807) is 12.3 Å². The molecule has 20 heavy (non-hydrogen) atoms. The zero-order chi connectivity index (χ0) is 14.4. The SMILES string of the molecule is O=C(Cc1ccn[nH]1)NC(Cc1ccccc1)C(=O)O. The van der Waals surface area contributed by atoms with Gasteiger partial charge in [0.1, 0.15) is 6.04 Å². The van der Waals surface area contributed by atoms with Crippen LogP contribution in [0.25, 0.3) is 0 Å². The monoisotopic (exact) mass is 273 g/mol. The highest BCUT2D eigenvalue weighted by atomic mass is 16.4. The van der Waals surface area contributed by atoms with Crippen LogP contribution in [0.4, 0.5) is 0 Å². The second-order valence-electron chi connectivity index (χ2n) is 4.41. The van der Waals surface area contributed by atoms with Crippen LogP contribution in [0, 0.1) is 0 Å². The molecule has 0 spiro atoms. The van der Waals surface area contributed by atoms with Crippen molar-refractivity contribution in [3.05, 3.63) is 53.9 Å². The molecule has 1 atom stereocenters. The predicted octanol–water partition coefficient (Wildman–Crippen LogP) is 0.764. The Morgan fingerprint density at radius 1 is 1.25 bits per heavy atom. The lowest BCUT2D eigenvalue weighted by molar-refractivity contribution is -0.141. The summed E-state index contributed by atoms with van der Waals surface area (Å²) in [6.45, 7) is 0. The molecule has 3 N–H and O–H groups in total. The minimum absolute atomic E-state index is 0.0819. The summed E-state index contributed by atoms with van der Waals surface area (Å²) < 4.78 is 0. The first kappa shape index (κ1) is 13.8. The number of hydrogen-bond donors (Lipinski definition) is 3. The molecular formula is C14H15N3O3. The molecule has 0 fully saturated rings. The van der Waals surface area contributed by atoms with E-state index in [1.807, 2.05) is 30.3 Å². The van der Waals surface area contributed by atoms with Gasteiger partial charge in [0.2, 0.25) is 5.91 Å². The summed E-state index contributed by atoms with van der Waals surface area (Å²) in [5.74, 6) is -1.40. The van der Waals surface area contributed by atoms with Gasteiger partial charge in [-0.25, -0.2) is 4.79 Å². The van der Waals surface area contributed by atoms with Crippen LogP contribution in [0.5, 0.6) is 0 Å². The van der Waals surface area contributed by atoms with Gasteiger partial charge < -0.3 is 10.4 Å². The molecule has 1 heterocycles. The number of H-pyrrole nitrogens is 1. The topological polar surface area (TPSA) is 95.1 Å². The Balaban J connectivity index is 1.95. The smallest absolute Gasteiger partial charge is 0.326 e. The third-order valence-corrected chi connectivity index (χ3v) is 2.83. The number of aliphatic carboxylic acids is 1. The molecular weight excluding hydrogens is 258 g/mol. The first-order chi connectivity index (χ1) is 9.65. The number of carboxylic acids is 1. The van der Waals surface area contributed by atoms with Gasteiger partial charge in [0.05, 0.1) is 6.42 Å². The van der Waals surface area contributed by atoms with Crippen molar-refractivity contribution in [2.75, 3.05) is 0 Å². The molecule has 0 radical (unpaired) electrons. The lowest BCUT2D eigenvalue weighted by atomic mass is 10.1. The number of benzene rings is 1. The minimum Gasteiger partial charge on any atom is -0.480 e. The summed E-state index contributed by atoms with van der Waals surface area (Å²) in [6.07, 6.45) is 1.88. The molecule has 1 aromatic heterocycles. The van der Waals surface area contributed by atoms with Gasteiger partial charge in [-0.3, -0.25) is 9.89 Å². The van der Waals surface area contributed by atoms with Crippen molar-refractivity contribution < 1.29 is 14.7 Å². The van der Waals surface area contributed by atoms with Crippen LogP contribution in [0.3, 0.4) is 0 Å². The van der Waals surface area contributed by atoms with Crippen molar-refractivity contribution in [2.45, 2.75) is 18.9 Å². The van der Waals surface area contributed by atoms with Crippen molar-refractivity contribution >= 4 is 11.9 Å². The maximum atomic E-state index is 11.8. The van der Waals surface area contributed by atoms with Crippen LogP contribution in [-0.2, 0) is 22.4 Å². The zero-order valence-corrected chi connectivity index (χ0v) is 10.7. The van der Waals surface area contributed by atoms with E-state index < -0.39 is 12.0 Å². The fourth-order valence-corrected chi connectivity index (χ4v) is 1.85. The predicted molar refractivity (Wildman–Crippen MR) is 72.0 cm³/mol. The van der Waals surface area contributed by atoms with Gasteiger partial charge >= 0.3 is 5.97 Å². The number of nitrogens with zero attached hydrogens (tertiary/aromatic N) is 1. The van der Waals surface area contributed by atoms with Crippen LogP contribution in [0.15, 0.2) is 42.6 Å². The van der Waals surface area contributed by atoms with Crippen molar-refractivity contribution in [3.63, 3.8) is 0 Å². The Morgan fingerprint density at radius 3 is 2.60 bits per heavy atom. The molecule has 2 rings (SSSR count). The highest BCUT2D eigenvalue weighted by Crippen LogP contribution is 2.04. The number of carbonyl (C=O) groups excluding carboxylic acids is 1. The molecule has 0 aliphatic rings. The molecule has 6 heteroatoms. The van der Waals surface area contributed by atoms with Crippen molar-refractivity contribution in [3.8, 4) is 0 Å². The van der Waals surface area contributed by atoms with E-state index in [1.165, 1.54) is 0 Å². The van der Waals surface area contributed by atoms with Crippen molar-refractivity contribution in [2.24, 2.45) is 0 Å². The number of nitrogens with one attached hydrogen (secondary N) is 2. The number of rotatable bonds is 6. The summed E-state index contributed by atoms with van der Waals surface area (Å²) in [7, 11) is 0. The quantitative estimate of drug-likeness (QED) is 0.724. The number of carbonyl (C=O) groups is 2. The molecule has 2 aromatic rings. The largest absolute Gasteiger partial charge is 0.480 e. The Hall–Kier alpha value is -2.63. The minimum atomic E-state index is -1.05. The average molecular weight is 273 g/mol. The standard InChI is InChI=1S/C14H15N3O3/c18-13(9-11-6-7-15-17-11)16-12(14(19)20)8-10-4-2-1-3-5-10/h1-7,12H,8-9H2,(H,15,17)(H,16,18)(H,19,20). The van der Waals surface area contributed by atoms with Gasteiger partial charge in [0.15, 0.2) is 0 Å². The van der Waals surface area contributed by atoms with Gasteiger partial charge in [0.25, 0.3) is 0 Å². The Bertz CT molecular complexity index is 567. The Kier molecular flexibility index (Phi) is 4.49. The van der Waals surface area contributed by atoms with E-state index in [2.05, 4.69) is 15.5 Å². The molecule has 6 nitrogen and oxygen atoms in total. The number of hydrogen-bond acceptors (Lipinski definition) is 3. The average Bonchev–Trinajstić information content (AvgIpc) is 2.92. The van der Waals surface area contributed by atoms with E-state index in [0.717, 1.165) is 5.56 Å². The number of aromatic nitrogens is 2. The first-order valence-electron chi connectivity index (χ1n) is 6.19. The molecule has 1 amide bonds. The maximum Gasteiger partial charge on any atom is 0.326 e. The summed E-state index contributed by atoms with van der Waals surface area (Å²) in [5, 5.41) is 18.1. The molecule has 0 bridgehead atoms.